The second-order valence-corrected chi connectivity index (χ2v) is 9.96. The van der Waals surface area contributed by atoms with Crippen molar-refractivity contribution in [1.29, 1.82) is 0 Å². The van der Waals surface area contributed by atoms with Crippen LogP contribution in [-0.2, 0) is 22.9 Å². The average Bonchev–Trinajstić information content (AvgIpc) is 2.84. The van der Waals surface area contributed by atoms with Crippen molar-refractivity contribution in [3.8, 4) is 11.4 Å². The fourth-order valence-electron chi connectivity index (χ4n) is 4.32. The Kier molecular flexibility index (Phi) is 5.41. The van der Waals surface area contributed by atoms with Crippen LogP contribution in [0.3, 0.4) is 0 Å². The van der Waals surface area contributed by atoms with Crippen molar-refractivity contribution in [3.63, 3.8) is 0 Å². The first-order valence-corrected chi connectivity index (χ1v) is 12.2. The molecule has 2 aliphatic rings. The number of rotatable bonds is 4. The van der Waals surface area contributed by atoms with Crippen LogP contribution >= 0.6 is 0 Å². The Hall–Kier alpha value is -2.84. The van der Waals surface area contributed by atoms with Crippen LogP contribution in [0.1, 0.15) is 24.0 Å². The highest BCUT2D eigenvalue weighted by Gasteiger charge is 2.29. The van der Waals surface area contributed by atoms with Crippen molar-refractivity contribution in [2.75, 3.05) is 31.1 Å². The van der Waals surface area contributed by atoms with Crippen molar-refractivity contribution in [3.05, 3.63) is 65.9 Å². The molecule has 3 heterocycles. The van der Waals surface area contributed by atoms with Crippen LogP contribution in [0.25, 0.3) is 11.4 Å². The minimum atomic E-state index is -3.48. The van der Waals surface area contributed by atoms with Gasteiger partial charge < -0.3 is 4.90 Å². The zero-order valence-corrected chi connectivity index (χ0v) is 18.1. The van der Waals surface area contributed by atoms with Gasteiger partial charge in [0.05, 0.1) is 10.6 Å². The van der Waals surface area contributed by atoms with E-state index in [0.717, 1.165) is 36.5 Å². The number of nitrogens with zero attached hydrogens (tertiary/aromatic N) is 5. The van der Waals surface area contributed by atoms with Crippen LogP contribution in [0.2, 0.25) is 0 Å². The third kappa shape index (κ3) is 4.05. The lowest BCUT2D eigenvalue weighted by molar-refractivity contribution is 0.383. The van der Waals surface area contributed by atoms with Gasteiger partial charge in [0.15, 0.2) is 5.82 Å². The van der Waals surface area contributed by atoms with Gasteiger partial charge in [0.2, 0.25) is 10.0 Å². The Bertz CT molecular complexity index is 1160. The van der Waals surface area contributed by atoms with E-state index in [1.807, 2.05) is 42.5 Å². The molecule has 3 aromatic rings. The molecule has 0 unspecified atom stereocenters. The number of hydrogen-bond donors (Lipinski definition) is 0. The van der Waals surface area contributed by atoms with E-state index in [2.05, 4.69) is 20.1 Å². The monoisotopic (exact) mass is 435 g/mol. The van der Waals surface area contributed by atoms with Crippen molar-refractivity contribution < 1.29 is 8.42 Å². The summed E-state index contributed by atoms with van der Waals surface area (Å²) in [4.78, 5) is 6.79. The highest BCUT2D eigenvalue weighted by molar-refractivity contribution is 7.89. The lowest BCUT2D eigenvalue weighted by Gasteiger charge is -2.34. The van der Waals surface area contributed by atoms with Crippen molar-refractivity contribution >= 4 is 15.8 Å². The van der Waals surface area contributed by atoms with E-state index in [-0.39, 0.29) is 0 Å². The van der Waals surface area contributed by atoms with Crippen molar-refractivity contribution in [2.45, 2.75) is 30.6 Å². The fourth-order valence-corrected chi connectivity index (χ4v) is 5.80. The fraction of sp³-hybridized carbons (Fsp3) is 0.348. The smallest absolute Gasteiger partial charge is 0.243 e. The number of hydrogen-bond acceptors (Lipinski definition) is 6. The Labute approximate surface area is 182 Å². The molecule has 5 rings (SSSR count). The maximum Gasteiger partial charge on any atom is 0.243 e. The van der Waals surface area contributed by atoms with Gasteiger partial charge >= 0.3 is 0 Å². The molecule has 0 amide bonds. The normalized spacial score (nSPS) is 17.4. The molecule has 1 aliphatic carbocycles. The first-order valence-electron chi connectivity index (χ1n) is 10.7. The SMILES string of the molecule is O=S(=O)(c1ccc2c(c1)CCCC2)N1CCN(c2ccc(-c3ccccn3)nn2)CC1. The molecule has 1 aliphatic heterocycles. The third-order valence-electron chi connectivity index (χ3n) is 6.10. The summed E-state index contributed by atoms with van der Waals surface area (Å²) in [6.45, 7) is 2.04. The van der Waals surface area contributed by atoms with Crippen LogP contribution in [0.5, 0.6) is 0 Å². The Morgan fingerprint density at radius 1 is 0.774 bits per heavy atom. The molecule has 0 radical (unpaired) electrons. The number of benzene rings is 1. The second-order valence-electron chi connectivity index (χ2n) is 8.02. The van der Waals surface area contributed by atoms with E-state index < -0.39 is 10.0 Å². The number of anilines is 1. The summed E-state index contributed by atoms with van der Waals surface area (Å²) in [6.07, 6.45) is 6.07. The van der Waals surface area contributed by atoms with E-state index in [4.69, 9.17) is 0 Å². The zero-order chi connectivity index (χ0) is 21.3. The highest BCUT2D eigenvalue weighted by Crippen LogP contribution is 2.27. The predicted molar refractivity (Wildman–Crippen MR) is 119 cm³/mol. The number of pyridine rings is 1. The molecule has 31 heavy (non-hydrogen) atoms. The van der Waals surface area contributed by atoms with Crippen LogP contribution in [0.4, 0.5) is 5.82 Å². The maximum absolute atomic E-state index is 13.2. The summed E-state index contributed by atoms with van der Waals surface area (Å²) in [5, 5.41) is 8.63. The summed E-state index contributed by atoms with van der Waals surface area (Å²) in [5.41, 5.74) is 3.98. The van der Waals surface area contributed by atoms with Crippen LogP contribution in [0.15, 0.2) is 59.6 Å². The molecular formula is C23H25N5O2S. The van der Waals surface area contributed by atoms with Gasteiger partial charge in [-0.05, 0) is 73.2 Å². The molecule has 2 aromatic heterocycles. The van der Waals surface area contributed by atoms with Crippen molar-refractivity contribution in [2.24, 2.45) is 0 Å². The molecular weight excluding hydrogens is 410 g/mol. The lowest BCUT2D eigenvalue weighted by Crippen LogP contribution is -2.49. The van der Waals surface area contributed by atoms with Gasteiger partial charge in [0, 0.05) is 32.4 Å². The molecule has 0 N–H and O–H groups in total. The zero-order valence-electron chi connectivity index (χ0n) is 17.3. The topological polar surface area (TPSA) is 79.3 Å². The first-order chi connectivity index (χ1) is 15.1. The minimum Gasteiger partial charge on any atom is -0.352 e. The van der Waals surface area contributed by atoms with Gasteiger partial charge in [0.25, 0.3) is 0 Å². The average molecular weight is 436 g/mol. The number of sulfonamides is 1. The van der Waals surface area contributed by atoms with Gasteiger partial charge in [-0.25, -0.2) is 8.42 Å². The summed E-state index contributed by atoms with van der Waals surface area (Å²) in [7, 11) is -3.48. The molecule has 1 saturated heterocycles. The number of fused-ring (bicyclic) bond motifs is 1. The van der Waals surface area contributed by atoms with E-state index >= 15 is 0 Å². The Morgan fingerprint density at radius 3 is 2.29 bits per heavy atom. The van der Waals surface area contributed by atoms with E-state index in [1.165, 1.54) is 17.5 Å². The molecule has 7 nitrogen and oxygen atoms in total. The standard InChI is InChI=1S/C23H25N5O2S/c29-31(30,20-9-8-18-5-1-2-6-19(18)17-20)28-15-13-27(14-16-28)23-11-10-22(25-26-23)21-7-3-4-12-24-21/h3-4,7-12,17H,1-2,5-6,13-16H2. The van der Waals surface area contributed by atoms with Gasteiger partial charge in [-0.3, -0.25) is 4.98 Å². The summed E-state index contributed by atoms with van der Waals surface area (Å²) >= 11 is 0. The van der Waals surface area contributed by atoms with Crippen molar-refractivity contribution in [1.82, 2.24) is 19.5 Å². The minimum absolute atomic E-state index is 0.418. The summed E-state index contributed by atoms with van der Waals surface area (Å²) in [6, 6.07) is 15.2. The first kappa shape index (κ1) is 20.1. The quantitative estimate of drug-likeness (QED) is 0.627. The van der Waals surface area contributed by atoms with Crippen LogP contribution < -0.4 is 4.90 Å². The van der Waals surface area contributed by atoms with E-state index in [1.54, 1.807) is 16.6 Å². The van der Waals surface area contributed by atoms with E-state index in [9.17, 15) is 8.42 Å². The molecule has 0 bridgehead atoms. The van der Waals surface area contributed by atoms with Crippen LogP contribution in [0, 0.1) is 0 Å². The second kappa shape index (κ2) is 8.36. The summed E-state index contributed by atoms with van der Waals surface area (Å²) < 4.78 is 28.0. The predicted octanol–water partition coefficient (Wildman–Crippen LogP) is 2.93. The number of aryl methyl sites for hydroxylation is 2. The largest absolute Gasteiger partial charge is 0.352 e. The number of piperazine rings is 1. The molecule has 0 atom stereocenters. The van der Waals surface area contributed by atoms with Crippen LogP contribution in [-0.4, -0.2) is 54.1 Å². The highest BCUT2D eigenvalue weighted by atomic mass is 32.2. The Balaban J connectivity index is 1.27. The lowest BCUT2D eigenvalue weighted by atomic mass is 9.92. The molecule has 8 heteroatoms. The van der Waals surface area contributed by atoms with Gasteiger partial charge in [-0.15, -0.1) is 10.2 Å². The molecule has 0 saturated carbocycles. The van der Waals surface area contributed by atoms with Gasteiger partial charge in [0.1, 0.15) is 5.69 Å². The molecule has 0 spiro atoms. The Morgan fingerprint density at radius 2 is 1.58 bits per heavy atom. The number of aromatic nitrogens is 3. The molecule has 1 aromatic carbocycles. The maximum atomic E-state index is 13.2. The molecule has 1 fully saturated rings. The van der Waals surface area contributed by atoms with Gasteiger partial charge in [-0.2, -0.15) is 4.31 Å². The van der Waals surface area contributed by atoms with E-state index in [0.29, 0.717) is 31.1 Å². The third-order valence-corrected chi connectivity index (χ3v) is 7.99. The van der Waals surface area contributed by atoms with Gasteiger partial charge in [-0.1, -0.05) is 12.1 Å². The molecule has 160 valence electrons. The summed E-state index contributed by atoms with van der Waals surface area (Å²) in [5.74, 6) is 0.755.